The Morgan fingerprint density at radius 2 is 2.14 bits per heavy atom. The molecule has 0 aliphatic carbocycles. The summed E-state index contributed by atoms with van der Waals surface area (Å²) in [7, 11) is 0. The van der Waals surface area contributed by atoms with Crippen LogP contribution in [0.15, 0.2) is 36.7 Å². The van der Waals surface area contributed by atoms with Gasteiger partial charge in [0.05, 0.1) is 11.9 Å². The molecular formula is C10H8N4. The highest BCUT2D eigenvalue weighted by Gasteiger charge is 2.09. The second-order valence-electron chi connectivity index (χ2n) is 3.07. The summed E-state index contributed by atoms with van der Waals surface area (Å²) in [6, 6.07) is 8.06. The van der Waals surface area contributed by atoms with Crippen LogP contribution in [0.2, 0.25) is 0 Å². The van der Waals surface area contributed by atoms with Gasteiger partial charge in [0.1, 0.15) is 0 Å². The van der Waals surface area contributed by atoms with Crippen LogP contribution in [0.25, 0.3) is 11.8 Å². The van der Waals surface area contributed by atoms with Gasteiger partial charge in [0.25, 0.3) is 0 Å². The predicted molar refractivity (Wildman–Crippen MR) is 54.0 cm³/mol. The van der Waals surface area contributed by atoms with Crippen LogP contribution in [-0.2, 0) is 0 Å². The molecule has 0 atom stereocenters. The molecule has 0 saturated heterocycles. The number of aromatic nitrogens is 3. The molecule has 14 heavy (non-hydrogen) atoms. The number of nitrogens with zero attached hydrogens (tertiary/aromatic N) is 3. The van der Waals surface area contributed by atoms with Crippen molar-refractivity contribution >= 4 is 11.9 Å². The molecule has 4 heteroatoms. The zero-order valence-corrected chi connectivity index (χ0v) is 7.38. The quantitative estimate of drug-likeness (QED) is 0.677. The third-order valence-electron chi connectivity index (χ3n) is 2.21. The van der Waals surface area contributed by atoms with E-state index in [0.29, 0.717) is 0 Å². The molecule has 4 nitrogen and oxygen atoms in total. The molecular weight excluding hydrogens is 176 g/mol. The summed E-state index contributed by atoms with van der Waals surface area (Å²) in [5, 5.41) is 11.0. The first-order valence-corrected chi connectivity index (χ1v) is 4.38. The van der Waals surface area contributed by atoms with Gasteiger partial charge in [0, 0.05) is 11.8 Å². The minimum Gasteiger partial charge on any atom is -0.345 e. The fourth-order valence-corrected chi connectivity index (χ4v) is 1.55. The van der Waals surface area contributed by atoms with Crippen LogP contribution in [0, 0.1) is 0 Å². The van der Waals surface area contributed by atoms with Gasteiger partial charge in [-0.1, -0.05) is 23.4 Å². The van der Waals surface area contributed by atoms with Gasteiger partial charge in [-0.15, -0.1) is 5.10 Å². The molecule has 1 aliphatic heterocycles. The maximum absolute atomic E-state index is 4.02. The Morgan fingerprint density at radius 1 is 1.21 bits per heavy atom. The molecule has 0 amide bonds. The lowest BCUT2D eigenvalue weighted by Crippen LogP contribution is -2.00. The lowest BCUT2D eigenvalue weighted by molar-refractivity contribution is 0.808. The van der Waals surface area contributed by atoms with E-state index in [9.17, 15) is 0 Å². The van der Waals surface area contributed by atoms with Crippen molar-refractivity contribution in [2.24, 2.45) is 0 Å². The third kappa shape index (κ3) is 0.939. The molecule has 0 radical (unpaired) electrons. The molecule has 0 saturated carbocycles. The molecule has 2 aromatic rings. The fourth-order valence-electron chi connectivity index (χ4n) is 1.55. The van der Waals surface area contributed by atoms with Gasteiger partial charge >= 0.3 is 0 Å². The van der Waals surface area contributed by atoms with E-state index < -0.39 is 0 Å². The highest BCUT2D eigenvalue weighted by atomic mass is 15.5. The molecule has 0 spiro atoms. The molecule has 0 unspecified atom stereocenters. The van der Waals surface area contributed by atoms with Crippen LogP contribution in [-0.4, -0.2) is 15.0 Å². The molecule has 68 valence electrons. The largest absolute Gasteiger partial charge is 0.345 e. The second kappa shape index (κ2) is 2.70. The van der Waals surface area contributed by atoms with Crippen LogP contribution < -0.4 is 5.32 Å². The van der Waals surface area contributed by atoms with E-state index >= 15 is 0 Å². The number of hydrogen-bond acceptors (Lipinski definition) is 3. The monoisotopic (exact) mass is 184 g/mol. The normalized spacial score (nSPS) is 12.6. The summed E-state index contributed by atoms with van der Waals surface area (Å²) < 4.78 is 1.79. The molecule has 3 rings (SSSR count). The minimum atomic E-state index is 0.881. The average Bonchev–Trinajstić information content (AvgIpc) is 2.61. The Labute approximate surface area is 80.9 Å². The van der Waals surface area contributed by atoms with Crippen molar-refractivity contribution in [1.29, 1.82) is 0 Å². The summed E-state index contributed by atoms with van der Waals surface area (Å²) in [5.41, 5.74) is 2.17. The maximum atomic E-state index is 4.02. The van der Waals surface area contributed by atoms with Crippen molar-refractivity contribution in [3.8, 4) is 5.69 Å². The van der Waals surface area contributed by atoms with Gasteiger partial charge in [0.15, 0.2) is 5.82 Å². The zero-order chi connectivity index (χ0) is 9.38. The third-order valence-corrected chi connectivity index (χ3v) is 2.21. The lowest BCUT2D eigenvalue weighted by atomic mass is 10.2. The molecule has 1 aromatic carbocycles. The standard InChI is InChI=1S/C10H8N4/c1-2-4-9-8(3-1)5-6-11-10-7-12-13-14(9)10/h1-7,11H. The molecule has 0 bridgehead atoms. The Bertz CT molecular complexity index is 498. The van der Waals surface area contributed by atoms with E-state index in [1.54, 1.807) is 10.9 Å². The highest BCUT2D eigenvalue weighted by Crippen LogP contribution is 2.21. The van der Waals surface area contributed by atoms with Crippen molar-refractivity contribution in [1.82, 2.24) is 15.0 Å². The highest BCUT2D eigenvalue weighted by molar-refractivity contribution is 5.66. The first kappa shape index (κ1) is 7.32. The number of para-hydroxylation sites is 1. The van der Waals surface area contributed by atoms with Crippen LogP contribution in [0.4, 0.5) is 5.82 Å². The van der Waals surface area contributed by atoms with Crippen molar-refractivity contribution in [2.75, 3.05) is 5.32 Å². The first-order valence-electron chi connectivity index (χ1n) is 4.38. The van der Waals surface area contributed by atoms with Crippen molar-refractivity contribution < 1.29 is 0 Å². The zero-order valence-electron chi connectivity index (χ0n) is 7.38. The number of rotatable bonds is 0. The molecule has 1 N–H and O–H groups in total. The van der Waals surface area contributed by atoms with Gasteiger partial charge in [-0.25, -0.2) is 0 Å². The summed E-state index contributed by atoms with van der Waals surface area (Å²) in [4.78, 5) is 0. The van der Waals surface area contributed by atoms with E-state index in [1.807, 2.05) is 36.5 Å². The molecule has 1 aliphatic rings. The first-order chi connectivity index (χ1) is 6.95. The molecule has 0 fully saturated rings. The Balaban J connectivity index is 2.34. The number of anilines is 1. The van der Waals surface area contributed by atoms with Crippen molar-refractivity contribution in [3.05, 3.63) is 42.2 Å². The average molecular weight is 184 g/mol. The van der Waals surface area contributed by atoms with E-state index in [4.69, 9.17) is 0 Å². The summed E-state index contributed by atoms with van der Waals surface area (Å²) in [6.45, 7) is 0. The Hall–Kier alpha value is -2.10. The van der Waals surface area contributed by atoms with Crippen molar-refractivity contribution in [2.45, 2.75) is 0 Å². The Kier molecular flexibility index (Phi) is 1.41. The second-order valence-corrected chi connectivity index (χ2v) is 3.07. The molecule has 2 heterocycles. The van der Waals surface area contributed by atoms with Gasteiger partial charge < -0.3 is 5.32 Å². The van der Waals surface area contributed by atoms with Crippen molar-refractivity contribution in [3.63, 3.8) is 0 Å². The summed E-state index contributed by atoms with van der Waals surface area (Å²) in [6.07, 6.45) is 5.61. The minimum absolute atomic E-state index is 0.881. The number of nitrogens with one attached hydrogen (secondary N) is 1. The number of benzene rings is 1. The topological polar surface area (TPSA) is 42.7 Å². The van der Waals surface area contributed by atoms with Crippen LogP contribution in [0.1, 0.15) is 5.56 Å². The van der Waals surface area contributed by atoms with E-state index in [0.717, 1.165) is 17.1 Å². The lowest BCUT2D eigenvalue weighted by Gasteiger charge is -2.04. The molecule has 1 aromatic heterocycles. The summed E-state index contributed by atoms with van der Waals surface area (Å²) in [5.74, 6) is 0.881. The van der Waals surface area contributed by atoms with Gasteiger partial charge in [-0.2, -0.15) is 4.68 Å². The van der Waals surface area contributed by atoms with Crippen LogP contribution in [0.5, 0.6) is 0 Å². The maximum Gasteiger partial charge on any atom is 0.154 e. The number of hydrogen-bond donors (Lipinski definition) is 1. The predicted octanol–water partition coefficient (Wildman–Crippen LogP) is 1.66. The van der Waals surface area contributed by atoms with Crippen LogP contribution in [0.3, 0.4) is 0 Å². The summed E-state index contributed by atoms with van der Waals surface area (Å²) >= 11 is 0. The SMILES string of the molecule is C1=Cc2ccccc2-n2nncc2N1. The van der Waals surface area contributed by atoms with Gasteiger partial charge in [-0.3, -0.25) is 0 Å². The van der Waals surface area contributed by atoms with E-state index in [1.165, 1.54) is 0 Å². The van der Waals surface area contributed by atoms with Crippen LogP contribution >= 0.6 is 0 Å². The fraction of sp³-hybridized carbons (Fsp3) is 0. The smallest absolute Gasteiger partial charge is 0.154 e. The van der Waals surface area contributed by atoms with Gasteiger partial charge in [-0.05, 0) is 12.1 Å². The number of fused-ring (bicyclic) bond motifs is 3. The van der Waals surface area contributed by atoms with E-state index in [2.05, 4.69) is 15.6 Å². The Morgan fingerprint density at radius 3 is 3.14 bits per heavy atom. The van der Waals surface area contributed by atoms with Gasteiger partial charge in [0.2, 0.25) is 0 Å². The van der Waals surface area contributed by atoms with E-state index in [-0.39, 0.29) is 0 Å².